The molecular weight excluding hydrogens is 172 g/mol. The van der Waals surface area contributed by atoms with Gasteiger partial charge in [0.15, 0.2) is 5.60 Å². The zero-order chi connectivity index (χ0) is 10.5. The Morgan fingerprint density at radius 2 is 2.00 bits per heavy atom. The first-order valence-corrected chi connectivity index (χ1v) is 4.59. The maximum absolute atomic E-state index is 10.6. The molecule has 0 rings (SSSR count). The van der Waals surface area contributed by atoms with Crippen LogP contribution in [0.15, 0.2) is 0 Å². The van der Waals surface area contributed by atoms with E-state index in [1.165, 1.54) is 6.92 Å². The molecule has 3 N–H and O–H groups in total. The molecule has 78 valence electrons. The smallest absolute Gasteiger partial charge is 0.338 e. The van der Waals surface area contributed by atoms with Gasteiger partial charge in [-0.05, 0) is 19.8 Å². The Kier molecular flexibility index (Phi) is 4.95. The Labute approximate surface area is 78.2 Å². The lowest BCUT2D eigenvalue weighted by molar-refractivity contribution is -0.171. The van der Waals surface area contributed by atoms with Crippen LogP contribution in [-0.4, -0.2) is 33.0 Å². The maximum atomic E-state index is 10.6. The minimum Gasteiger partial charge on any atom is -0.479 e. The Morgan fingerprint density at radius 1 is 1.46 bits per heavy atom. The Morgan fingerprint density at radius 3 is 2.31 bits per heavy atom. The van der Waals surface area contributed by atoms with Crippen molar-refractivity contribution in [3.8, 4) is 0 Å². The Bertz CT molecular complexity index is 167. The van der Waals surface area contributed by atoms with Crippen LogP contribution >= 0.6 is 0 Å². The van der Waals surface area contributed by atoms with Gasteiger partial charge in [-0.15, -0.1) is 0 Å². The summed E-state index contributed by atoms with van der Waals surface area (Å²) < 4.78 is 0. The number of carboxylic acid groups (broad SMARTS) is 1. The fourth-order valence-corrected chi connectivity index (χ4v) is 1.14. The summed E-state index contributed by atoms with van der Waals surface area (Å²) in [6, 6.07) is 0. The van der Waals surface area contributed by atoms with E-state index in [2.05, 4.69) is 0 Å². The fourth-order valence-electron chi connectivity index (χ4n) is 1.14. The second-order valence-electron chi connectivity index (χ2n) is 3.36. The number of aliphatic hydroxyl groups is 2. The van der Waals surface area contributed by atoms with Crippen LogP contribution in [0, 0.1) is 0 Å². The molecule has 0 saturated carbocycles. The Hall–Kier alpha value is -0.610. The van der Waals surface area contributed by atoms with Crippen molar-refractivity contribution in [2.75, 3.05) is 0 Å². The molecule has 0 fully saturated rings. The average Bonchev–Trinajstić information content (AvgIpc) is 2.03. The minimum absolute atomic E-state index is 0.105. The fraction of sp³-hybridized carbons (Fsp3) is 0.889. The summed E-state index contributed by atoms with van der Waals surface area (Å²) in [5.74, 6) is -1.35. The van der Waals surface area contributed by atoms with E-state index in [0.717, 1.165) is 12.8 Å². The van der Waals surface area contributed by atoms with Crippen molar-refractivity contribution >= 4 is 5.97 Å². The molecule has 13 heavy (non-hydrogen) atoms. The summed E-state index contributed by atoms with van der Waals surface area (Å²) in [7, 11) is 0. The number of hydrogen-bond acceptors (Lipinski definition) is 3. The maximum Gasteiger partial charge on any atom is 0.338 e. The van der Waals surface area contributed by atoms with Crippen LogP contribution in [0.4, 0.5) is 0 Å². The summed E-state index contributed by atoms with van der Waals surface area (Å²) in [6.45, 7) is 3.28. The van der Waals surface area contributed by atoms with Gasteiger partial charge in [0.25, 0.3) is 0 Å². The molecule has 0 aromatic heterocycles. The number of rotatable bonds is 6. The van der Waals surface area contributed by atoms with E-state index in [1.807, 2.05) is 6.92 Å². The van der Waals surface area contributed by atoms with Crippen LogP contribution in [0.2, 0.25) is 0 Å². The van der Waals surface area contributed by atoms with Gasteiger partial charge in [-0.3, -0.25) is 0 Å². The van der Waals surface area contributed by atoms with E-state index in [4.69, 9.17) is 10.2 Å². The van der Waals surface area contributed by atoms with Crippen molar-refractivity contribution < 1.29 is 20.1 Å². The average molecular weight is 190 g/mol. The highest BCUT2D eigenvalue weighted by Gasteiger charge is 2.40. The van der Waals surface area contributed by atoms with E-state index < -0.39 is 17.7 Å². The largest absolute Gasteiger partial charge is 0.479 e. The van der Waals surface area contributed by atoms with E-state index in [-0.39, 0.29) is 6.42 Å². The van der Waals surface area contributed by atoms with Crippen LogP contribution in [0.5, 0.6) is 0 Å². The van der Waals surface area contributed by atoms with Crippen LogP contribution < -0.4 is 0 Å². The molecule has 2 unspecified atom stereocenters. The summed E-state index contributed by atoms with van der Waals surface area (Å²) in [6.07, 6.45) is 1.30. The second-order valence-corrected chi connectivity index (χ2v) is 3.36. The van der Waals surface area contributed by atoms with Gasteiger partial charge in [0, 0.05) is 0 Å². The quantitative estimate of drug-likeness (QED) is 0.540. The summed E-state index contributed by atoms with van der Waals surface area (Å²) in [5.41, 5.74) is -1.98. The van der Waals surface area contributed by atoms with Gasteiger partial charge in [-0.1, -0.05) is 19.8 Å². The molecule has 4 heteroatoms. The lowest BCUT2D eigenvalue weighted by Gasteiger charge is -2.26. The monoisotopic (exact) mass is 190 g/mol. The number of unbranched alkanes of at least 4 members (excludes halogenated alkanes) is 2. The van der Waals surface area contributed by atoms with Gasteiger partial charge in [-0.25, -0.2) is 4.79 Å². The third-order valence-electron chi connectivity index (χ3n) is 2.22. The van der Waals surface area contributed by atoms with Crippen molar-refractivity contribution in [1.29, 1.82) is 0 Å². The zero-order valence-electron chi connectivity index (χ0n) is 8.16. The van der Waals surface area contributed by atoms with Gasteiger partial charge in [0.1, 0.15) is 0 Å². The first-order valence-electron chi connectivity index (χ1n) is 4.59. The molecule has 0 saturated heterocycles. The van der Waals surface area contributed by atoms with Gasteiger partial charge in [-0.2, -0.15) is 0 Å². The SMILES string of the molecule is CCCCCC(O)(C(=O)O)C(C)O. The second kappa shape index (κ2) is 5.19. The molecule has 0 heterocycles. The molecule has 2 atom stereocenters. The van der Waals surface area contributed by atoms with Gasteiger partial charge < -0.3 is 15.3 Å². The first kappa shape index (κ1) is 12.4. The molecule has 0 aliphatic rings. The number of aliphatic hydroxyl groups excluding tert-OH is 1. The Balaban J connectivity index is 4.17. The molecule has 0 aromatic carbocycles. The lowest BCUT2D eigenvalue weighted by atomic mass is 9.91. The minimum atomic E-state index is -1.98. The van der Waals surface area contributed by atoms with E-state index >= 15 is 0 Å². The summed E-state index contributed by atoms with van der Waals surface area (Å²) >= 11 is 0. The third-order valence-corrected chi connectivity index (χ3v) is 2.22. The van der Waals surface area contributed by atoms with Gasteiger partial charge in [0.05, 0.1) is 6.10 Å². The van der Waals surface area contributed by atoms with Crippen molar-refractivity contribution in [2.45, 2.75) is 51.2 Å². The van der Waals surface area contributed by atoms with Crippen molar-refractivity contribution in [1.82, 2.24) is 0 Å². The highest BCUT2D eigenvalue weighted by Crippen LogP contribution is 2.19. The summed E-state index contributed by atoms with van der Waals surface area (Å²) in [4.78, 5) is 10.6. The predicted molar refractivity (Wildman–Crippen MR) is 48.4 cm³/mol. The number of carboxylic acids is 1. The van der Waals surface area contributed by atoms with Gasteiger partial charge in [0.2, 0.25) is 0 Å². The number of carbonyl (C=O) groups is 1. The van der Waals surface area contributed by atoms with E-state index in [1.54, 1.807) is 0 Å². The lowest BCUT2D eigenvalue weighted by Crippen LogP contribution is -2.48. The molecule has 0 bridgehead atoms. The normalized spacial score (nSPS) is 17.8. The zero-order valence-corrected chi connectivity index (χ0v) is 8.16. The molecular formula is C9H18O4. The standard InChI is InChI=1S/C9H18O4/c1-3-4-5-6-9(13,7(2)10)8(11)12/h7,10,13H,3-6H2,1-2H3,(H,11,12). The molecule has 0 spiro atoms. The van der Waals surface area contributed by atoms with Crippen molar-refractivity contribution in [2.24, 2.45) is 0 Å². The molecule has 0 aliphatic carbocycles. The molecule has 4 nitrogen and oxygen atoms in total. The number of hydrogen-bond donors (Lipinski definition) is 3. The molecule has 0 radical (unpaired) electrons. The van der Waals surface area contributed by atoms with E-state index in [0.29, 0.717) is 6.42 Å². The van der Waals surface area contributed by atoms with Crippen molar-refractivity contribution in [3.63, 3.8) is 0 Å². The number of aliphatic carboxylic acids is 1. The van der Waals surface area contributed by atoms with Crippen LogP contribution in [-0.2, 0) is 4.79 Å². The summed E-state index contributed by atoms with van der Waals surface area (Å²) in [5, 5.41) is 27.3. The van der Waals surface area contributed by atoms with Crippen LogP contribution in [0.25, 0.3) is 0 Å². The third kappa shape index (κ3) is 3.32. The van der Waals surface area contributed by atoms with Crippen molar-refractivity contribution in [3.05, 3.63) is 0 Å². The molecule has 0 aromatic rings. The van der Waals surface area contributed by atoms with Crippen LogP contribution in [0.1, 0.15) is 39.5 Å². The van der Waals surface area contributed by atoms with Gasteiger partial charge >= 0.3 is 5.97 Å². The van der Waals surface area contributed by atoms with E-state index in [9.17, 15) is 9.90 Å². The predicted octanol–water partition coefficient (Wildman–Crippen LogP) is 0.763. The highest BCUT2D eigenvalue weighted by molar-refractivity contribution is 5.77. The molecule has 0 aliphatic heterocycles. The van der Waals surface area contributed by atoms with Crippen LogP contribution in [0.3, 0.4) is 0 Å². The highest BCUT2D eigenvalue weighted by atomic mass is 16.4. The first-order chi connectivity index (χ1) is 5.95. The molecule has 0 amide bonds. The topological polar surface area (TPSA) is 77.8 Å².